The molecule has 0 bridgehead atoms. The number of carbonyl (C=O) groups excluding carboxylic acids is 1. The summed E-state index contributed by atoms with van der Waals surface area (Å²) in [5, 5.41) is 5.74. The van der Waals surface area contributed by atoms with Crippen molar-refractivity contribution >= 4 is 34.0 Å². The molecule has 1 aromatic carbocycles. The number of amides is 1. The number of rotatable bonds is 5. The third kappa shape index (κ3) is 4.22. The average molecular weight is 391 g/mol. The van der Waals surface area contributed by atoms with Crippen molar-refractivity contribution in [3.63, 3.8) is 0 Å². The molecule has 0 spiro atoms. The minimum Gasteiger partial charge on any atom is -0.366 e. The second kappa shape index (κ2) is 7.22. The quantitative estimate of drug-likeness (QED) is 0.534. The van der Waals surface area contributed by atoms with Crippen molar-refractivity contribution in [2.75, 3.05) is 17.2 Å². The molecule has 0 aliphatic carbocycles. The molecule has 1 amide bonds. The van der Waals surface area contributed by atoms with Gasteiger partial charge in [0, 0.05) is 17.4 Å². The minimum absolute atomic E-state index is 0.0385. The number of fused-ring (bicyclic) bond motifs is 1. The zero-order valence-corrected chi connectivity index (χ0v) is 14.6. The lowest BCUT2D eigenvalue weighted by Gasteiger charge is -2.14. The smallest absolute Gasteiger partial charge is 0.366 e. The van der Waals surface area contributed by atoms with E-state index in [9.17, 15) is 22.8 Å². The molecule has 146 valence electrons. The van der Waals surface area contributed by atoms with Crippen LogP contribution in [0.3, 0.4) is 0 Å². The Hall–Kier alpha value is -3.56. The summed E-state index contributed by atoms with van der Waals surface area (Å²) >= 11 is 0. The van der Waals surface area contributed by atoms with Gasteiger partial charge in [0.15, 0.2) is 0 Å². The molecule has 0 aliphatic heterocycles. The number of aromatic amines is 1. The number of hydrogen-bond acceptors (Lipinski definition) is 5. The fourth-order valence-corrected chi connectivity index (χ4v) is 2.74. The first-order chi connectivity index (χ1) is 13.1. The Morgan fingerprint density at radius 3 is 2.64 bits per heavy atom. The van der Waals surface area contributed by atoms with Crippen LogP contribution in [-0.4, -0.2) is 28.6 Å². The minimum atomic E-state index is -4.42. The van der Waals surface area contributed by atoms with Crippen molar-refractivity contribution in [2.45, 2.75) is 13.1 Å². The van der Waals surface area contributed by atoms with Gasteiger partial charge in [0.1, 0.15) is 18.2 Å². The molecular formula is C18H16F3N5O2. The van der Waals surface area contributed by atoms with Crippen molar-refractivity contribution in [1.82, 2.24) is 9.97 Å². The zero-order chi connectivity index (χ0) is 20.5. The lowest BCUT2D eigenvalue weighted by atomic mass is 10.1. The summed E-state index contributed by atoms with van der Waals surface area (Å²) in [5.41, 5.74) is 6.27. The van der Waals surface area contributed by atoms with E-state index >= 15 is 0 Å². The van der Waals surface area contributed by atoms with Gasteiger partial charge in [0.05, 0.1) is 5.39 Å². The third-order valence-corrected chi connectivity index (χ3v) is 3.98. The number of hydrogen-bond donors (Lipinski definition) is 4. The maximum absolute atomic E-state index is 12.5. The lowest BCUT2D eigenvalue weighted by molar-refractivity contribution is -0.115. The van der Waals surface area contributed by atoms with Crippen LogP contribution < -0.4 is 21.9 Å². The van der Waals surface area contributed by atoms with E-state index in [1.165, 1.54) is 18.3 Å². The van der Waals surface area contributed by atoms with Gasteiger partial charge in [-0.2, -0.15) is 13.2 Å². The number of benzene rings is 1. The van der Waals surface area contributed by atoms with E-state index in [1.54, 1.807) is 25.1 Å². The highest BCUT2D eigenvalue weighted by molar-refractivity contribution is 5.96. The summed E-state index contributed by atoms with van der Waals surface area (Å²) in [7, 11) is 0. The number of nitrogens with one attached hydrogen (secondary N) is 3. The monoisotopic (exact) mass is 391 g/mol. The summed E-state index contributed by atoms with van der Waals surface area (Å²) in [6.45, 7) is 0.422. The Bertz CT molecular complexity index is 1110. The second-order valence-electron chi connectivity index (χ2n) is 6.11. The molecule has 28 heavy (non-hydrogen) atoms. The van der Waals surface area contributed by atoms with Gasteiger partial charge < -0.3 is 21.4 Å². The van der Waals surface area contributed by atoms with Crippen LogP contribution in [0.1, 0.15) is 15.9 Å². The van der Waals surface area contributed by atoms with Crippen molar-refractivity contribution in [1.29, 1.82) is 0 Å². The van der Waals surface area contributed by atoms with E-state index in [2.05, 4.69) is 20.6 Å². The fraction of sp³-hybridized carbons (Fsp3) is 0.167. The Kier molecular flexibility index (Phi) is 4.95. The highest BCUT2D eigenvalue weighted by atomic mass is 19.4. The first-order valence-corrected chi connectivity index (χ1v) is 8.14. The van der Waals surface area contributed by atoms with Crippen LogP contribution in [0.25, 0.3) is 10.8 Å². The molecule has 0 unspecified atom stereocenters. The third-order valence-electron chi connectivity index (χ3n) is 3.98. The van der Waals surface area contributed by atoms with E-state index < -0.39 is 24.2 Å². The first-order valence-electron chi connectivity index (χ1n) is 8.14. The van der Waals surface area contributed by atoms with E-state index in [1.807, 2.05) is 0 Å². The Balaban J connectivity index is 2.04. The summed E-state index contributed by atoms with van der Waals surface area (Å²) in [5.74, 6) is -0.541. The highest BCUT2D eigenvalue weighted by Gasteiger charge is 2.27. The maximum Gasteiger partial charge on any atom is 0.405 e. The van der Waals surface area contributed by atoms with Crippen LogP contribution in [0.15, 0.2) is 41.3 Å². The molecule has 3 rings (SSSR count). The molecular weight excluding hydrogens is 375 g/mol. The van der Waals surface area contributed by atoms with Crippen LogP contribution >= 0.6 is 0 Å². The Morgan fingerprint density at radius 2 is 2.00 bits per heavy atom. The van der Waals surface area contributed by atoms with Gasteiger partial charge in [0.2, 0.25) is 5.91 Å². The average Bonchev–Trinajstić information content (AvgIpc) is 2.59. The summed E-state index contributed by atoms with van der Waals surface area (Å²) in [6.07, 6.45) is -3.02. The lowest BCUT2D eigenvalue weighted by Crippen LogP contribution is -2.22. The fourth-order valence-electron chi connectivity index (χ4n) is 2.74. The summed E-state index contributed by atoms with van der Waals surface area (Å²) in [4.78, 5) is 30.2. The van der Waals surface area contributed by atoms with Crippen molar-refractivity contribution in [3.8, 4) is 0 Å². The number of aromatic nitrogens is 2. The largest absolute Gasteiger partial charge is 0.405 e. The predicted molar refractivity (Wildman–Crippen MR) is 99.9 cm³/mol. The normalized spacial score (nSPS) is 11.4. The SMILES string of the molecule is Cc1cc(Nc2nc(NCC(F)(F)F)cc3cc[nH]c(=O)c23)ccc1C(N)=O. The summed E-state index contributed by atoms with van der Waals surface area (Å²) < 4.78 is 37.5. The van der Waals surface area contributed by atoms with Gasteiger partial charge in [-0.05, 0) is 48.2 Å². The van der Waals surface area contributed by atoms with Crippen molar-refractivity contribution in [2.24, 2.45) is 5.73 Å². The zero-order valence-electron chi connectivity index (χ0n) is 14.6. The van der Waals surface area contributed by atoms with Crippen LogP contribution in [-0.2, 0) is 0 Å². The van der Waals surface area contributed by atoms with Gasteiger partial charge >= 0.3 is 6.18 Å². The predicted octanol–water partition coefficient (Wildman–Crippen LogP) is 3.05. The van der Waals surface area contributed by atoms with Crippen LogP contribution in [0.5, 0.6) is 0 Å². The number of H-pyrrole nitrogens is 1. The maximum atomic E-state index is 12.5. The Morgan fingerprint density at radius 1 is 1.25 bits per heavy atom. The molecule has 3 aromatic rings. The van der Waals surface area contributed by atoms with Crippen molar-refractivity contribution < 1.29 is 18.0 Å². The molecule has 0 radical (unpaired) electrons. The van der Waals surface area contributed by atoms with Crippen LogP contribution in [0.4, 0.5) is 30.5 Å². The number of primary amides is 1. The number of nitrogens with zero attached hydrogens (tertiary/aromatic N) is 1. The van der Waals surface area contributed by atoms with Gasteiger partial charge in [-0.15, -0.1) is 0 Å². The topological polar surface area (TPSA) is 113 Å². The number of pyridine rings is 2. The number of nitrogens with two attached hydrogens (primary N) is 1. The molecule has 0 saturated carbocycles. The van der Waals surface area contributed by atoms with Crippen LogP contribution in [0, 0.1) is 6.92 Å². The van der Waals surface area contributed by atoms with Crippen molar-refractivity contribution in [3.05, 3.63) is 58.0 Å². The molecule has 2 heterocycles. The Labute approximate surface area is 156 Å². The number of alkyl halides is 3. The first kappa shape index (κ1) is 19.2. The van der Waals surface area contributed by atoms with Gasteiger partial charge in [0.25, 0.3) is 5.56 Å². The van der Waals surface area contributed by atoms with E-state index in [0.29, 0.717) is 22.2 Å². The molecule has 7 nitrogen and oxygen atoms in total. The van der Waals surface area contributed by atoms with Gasteiger partial charge in [-0.3, -0.25) is 9.59 Å². The van der Waals surface area contributed by atoms with Gasteiger partial charge in [-0.1, -0.05) is 0 Å². The van der Waals surface area contributed by atoms with Crippen LogP contribution in [0.2, 0.25) is 0 Å². The summed E-state index contributed by atoms with van der Waals surface area (Å²) in [6, 6.07) is 7.62. The molecule has 0 fully saturated rings. The number of anilines is 3. The molecule has 0 saturated heterocycles. The second-order valence-corrected chi connectivity index (χ2v) is 6.11. The molecule has 0 atom stereocenters. The molecule has 10 heteroatoms. The number of aryl methyl sites for hydroxylation is 1. The number of carbonyl (C=O) groups is 1. The molecule has 2 aromatic heterocycles. The van der Waals surface area contributed by atoms with E-state index in [-0.39, 0.29) is 17.0 Å². The highest BCUT2D eigenvalue weighted by Crippen LogP contribution is 2.26. The molecule has 0 aliphatic rings. The van der Waals surface area contributed by atoms with Gasteiger partial charge in [-0.25, -0.2) is 4.98 Å². The van der Waals surface area contributed by atoms with E-state index in [0.717, 1.165) is 0 Å². The van der Waals surface area contributed by atoms with E-state index in [4.69, 9.17) is 5.73 Å². The standard InChI is InChI=1S/C18H16F3N5O2/c1-9-6-11(2-3-12(9)15(22)27)25-16-14-10(4-5-23-17(14)28)7-13(26-16)24-8-18(19,20)21/h2-7H,8H2,1H3,(H2,22,27)(H,23,28)(H2,24,25,26). The molecule has 5 N–H and O–H groups in total. The number of halogens is 3.